The summed E-state index contributed by atoms with van der Waals surface area (Å²) in [5.41, 5.74) is 2.33. The number of aryl methyl sites for hydroxylation is 1. The number of carbonyl (C=O) groups excluding carboxylic acids is 1. The van der Waals surface area contributed by atoms with Gasteiger partial charge in [-0.1, -0.05) is 12.1 Å². The Morgan fingerprint density at radius 2 is 2.20 bits per heavy atom. The number of hydrogen-bond acceptors (Lipinski definition) is 5. The minimum absolute atomic E-state index is 0.148. The molecule has 1 aromatic carbocycles. The number of hydrogen-bond donors (Lipinski definition) is 2. The van der Waals surface area contributed by atoms with E-state index in [0.29, 0.717) is 34.7 Å². The maximum atomic E-state index is 12.4. The van der Waals surface area contributed by atoms with E-state index in [-0.39, 0.29) is 18.1 Å². The quantitative estimate of drug-likeness (QED) is 0.695. The number of carbonyl (C=O) groups is 2. The van der Waals surface area contributed by atoms with Crippen molar-refractivity contribution in [1.82, 2.24) is 4.98 Å². The van der Waals surface area contributed by atoms with E-state index in [1.54, 1.807) is 18.7 Å². The van der Waals surface area contributed by atoms with E-state index in [2.05, 4.69) is 10.3 Å². The minimum atomic E-state index is -0.790. The van der Waals surface area contributed by atoms with Crippen LogP contribution in [0.4, 0.5) is 5.69 Å². The highest BCUT2D eigenvalue weighted by Crippen LogP contribution is 2.40. The summed E-state index contributed by atoms with van der Waals surface area (Å²) in [5, 5.41) is 11.5. The van der Waals surface area contributed by atoms with Gasteiger partial charge in [-0.15, -0.1) is 0 Å². The average molecular weight is 360 g/mol. The lowest BCUT2D eigenvalue weighted by atomic mass is 10.2. The van der Waals surface area contributed by atoms with Crippen molar-refractivity contribution in [3.63, 3.8) is 0 Å². The normalized spacial score (nSPS) is 13.6. The molecule has 2 N–H and O–H groups in total. The zero-order chi connectivity index (χ0) is 17.8. The van der Waals surface area contributed by atoms with Gasteiger partial charge in [-0.3, -0.25) is 9.59 Å². The number of benzene rings is 1. The second-order valence-electron chi connectivity index (χ2n) is 6.09. The first kappa shape index (κ1) is 17.5. The first-order chi connectivity index (χ1) is 12.0. The summed E-state index contributed by atoms with van der Waals surface area (Å²) >= 11 is 1.55. The van der Waals surface area contributed by atoms with Crippen molar-refractivity contribution in [2.24, 2.45) is 0 Å². The predicted octanol–water partition coefficient (Wildman–Crippen LogP) is 3.82. The monoisotopic (exact) mass is 360 g/mol. The van der Waals surface area contributed by atoms with Gasteiger partial charge in [-0.2, -0.15) is 11.8 Å². The summed E-state index contributed by atoms with van der Waals surface area (Å²) in [6.45, 7) is 1.78. The van der Waals surface area contributed by atoms with Crippen molar-refractivity contribution in [3.05, 3.63) is 47.2 Å². The fourth-order valence-corrected chi connectivity index (χ4v) is 3.29. The molecule has 1 heterocycles. The molecule has 1 amide bonds. The molecule has 7 heteroatoms. The standard InChI is InChI=1S/C18H20N2O4S/c1-11-16(24-18(19-11)13-5-6-13)17(23)20-14-4-2-3-12(9-14)10-25-8-7-15(21)22/h2-4,9,13H,5-8,10H2,1H3,(H,20,23)(H,21,22). The highest BCUT2D eigenvalue weighted by atomic mass is 32.2. The largest absolute Gasteiger partial charge is 0.481 e. The van der Waals surface area contributed by atoms with Gasteiger partial charge in [-0.05, 0) is 37.5 Å². The molecule has 25 heavy (non-hydrogen) atoms. The van der Waals surface area contributed by atoms with Gasteiger partial charge in [0.05, 0.1) is 12.1 Å². The van der Waals surface area contributed by atoms with Gasteiger partial charge < -0.3 is 14.8 Å². The zero-order valence-electron chi connectivity index (χ0n) is 13.9. The number of thioether (sulfide) groups is 1. The van der Waals surface area contributed by atoms with Crippen molar-refractivity contribution in [2.45, 2.75) is 37.9 Å². The maximum absolute atomic E-state index is 12.4. The summed E-state index contributed by atoms with van der Waals surface area (Å²) in [5.74, 6) is 1.46. The van der Waals surface area contributed by atoms with Crippen molar-refractivity contribution in [2.75, 3.05) is 11.1 Å². The molecule has 2 aromatic rings. The molecule has 1 saturated carbocycles. The Morgan fingerprint density at radius 3 is 2.92 bits per heavy atom. The van der Waals surface area contributed by atoms with E-state index in [1.165, 1.54) is 0 Å². The van der Waals surface area contributed by atoms with Gasteiger partial charge in [0.1, 0.15) is 0 Å². The van der Waals surface area contributed by atoms with Crippen LogP contribution in [-0.4, -0.2) is 27.7 Å². The second-order valence-corrected chi connectivity index (χ2v) is 7.20. The molecule has 0 spiro atoms. The van der Waals surface area contributed by atoms with E-state index < -0.39 is 5.97 Å². The molecule has 1 aliphatic carbocycles. The predicted molar refractivity (Wildman–Crippen MR) is 96.0 cm³/mol. The first-order valence-corrected chi connectivity index (χ1v) is 9.35. The van der Waals surface area contributed by atoms with Crippen LogP contribution in [0.1, 0.15) is 52.9 Å². The molecule has 0 atom stereocenters. The lowest BCUT2D eigenvalue weighted by Crippen LogP contribution is -2.12. The zero-order valence-corrected chi connectivity index (χ0v) is 14.8. The Kier molecular flexibility index (Phi) is 5.43. The molecule has 3 rings (SSSR count). The van der Waals surface area contributed by atoms with Crippen LogP contribution in [0, 0.1) is 6.92 Å². The van der Waals surface area contributed by atoms with Crippen LogP contribution in [0.25, 0.3) is 0 Å². The summed E-state index contributed by atoms with van der Waals surface area (Å²) in [6.07, 6.45) is 2.29. The van der Waals surface area contributed by atoms with E-state index in [1.807, 2.05) is 24.3 Å². The molecule has 0 radical (unpaired) electrons. The summed E-state index contributed by atoms with van der Waals surface area (Å²) in [4.78, 5) is 27.3. The lowest BCUT2D eigenvalue weighted by molar-refractivity contribution is -0.136. The molecule has 0 bridgehead atoms. The number of rotatable bonds is 8. The van der Waals surface area contributed by atoms with Crippen LogP contribution in [0.15, 0.2) is 28.7 Å². The number of aliphatic carboxylic acids is 1. The second kappa shape index (κ2) is 7.74. The number of oxazole rings is 1. The number of carboxylic acid groups (broad SMARTS) is 1. The third-order valence-corrected chi connectivity index (χ3v) is 4.89. The van der Waals surface area contributed by atoms with Crippen LogP contribution >= 0.6 is 11.8 Å². The highest BCUT2D eigenvalue weighted by Gasteiger charge is 2.30. The van der Waals surface area contributed by atoms with E-state index in [9.17, 15) is 9.59 Å². The fraction of sp³-hybridized carbons (Fsp3) is 0.389. The van der Waals surface area contributed by atoms with Gasteiger partial charge >= 0.3 is 5.97 Å². The summed E-state index contributed by atoms with van der Waals surface area (Å²) < 4.78 is 5.62. The Labute approximate surface area is 150 Å². The number of nitrogens with one attached hydrogen (secondary N) is 1. The number of anilines is 1. The lowest BCUT2D eigenvalue weighted by Gasteiger charge is -2.06. The molecule has 0 saturated heterocycles. The Hall–Kier alpha value is -2.28. The molecule has 1 aromatic heterocycles. The summed E-state index contributed by atoms with van der Waals surface area (Å²) in [6, 6.07) is 7.52. The number of carboxylic acids is 1. The Morgan fingerprint density at radius 1 is 1.40 bits per heavy atom. The fourth-order valence-electron chi connectivity index (χ4n) is 2.41. The third kappa shape index (κ3) is 4.85. The van der Waals surface area contributed by atoms with Gasteiger partial charge in [0.2, 0.25) is 5.76 Å². The molecule has 1 aliphatic rings. The molecular formula is C18H20N2O4S. The molecular weight excluding hydrogens is 340 g/mol. The minimum Gasteiger partial charge on any atom is -0.481 e. The first-order valence-electron chi connectivity index (χ1n) is 8.20. The van der Waals surface area contributed by atoms with Crippen molar-refractivity contribution < 1.29 is 19.1 Å². The average Bonchev–Trinajstić information content (AvgIpc) is 3.34. The number of aromatic nitrogens is 1. The molecule has 0 aliphatic heterocycles. The molecule has 132 valence electrons. The maximum Gasteiger partial charge on any atom is 0.304 e. The van der Waals surface area contributed by atoms with Gasteiger partial charge in [0.15, 0.2) is 5.89 Å². The smallest absolute Gasteiger partial charge is 0.304 e. The van der Waals surface area contributed by atoms with Gasteiger partial charge in [0.25, 0.3) is 5.91 Å². The SMILES string of the molecule is Cc1nc(C2CC2)oc1C(=O)Nc1cccc(CSCCC(=O)O)c1. The third-order valence-electron chi connectivity index (χ3n) is 3.86. The van der Waals surface area contributed by atoms with E-state index >= 15 is 0 Å². The Bertz CT molecular complexity index is 783. The van der Waals surface area contributed by atoms with E-state index in [4.69, 9.17) is 9.52 Å². The van der Waals surface area contributed by atoms with Gasteiger partial charge in [0, 0.05) is 23.1 Å². The highest BCUT2D eigenvalue weighted by molar-refractivity contribution is 7.98. The van der Waals surface area contributed by atoms with Crippen LogP contribution in [0.2, 0.25) is 0 Å². The van der Waals surface area contributed by atoms with Crippen molar-refractivity contribution in [3.8, 4) is 0 Å². The van der Waals surface area contributed by atoms with Crippen molar-refractivity contribution in [1.29, 1.82) is 0 Å². The Balaban J connectivity index is 1.59. The van der Waals surface area contributed by atoms with Gasteiger partial charge in [-0.25, -0.2) is 4.98 Å². The molecule has 1 fully saturated rings. The van der Waals surface area contributed by atoms with Crippen LogP contribution < -0.4 is 5.32 Å². The van der Waals surface area contributed by atoms with Crippen LogP contribution in [0.5, 0.6) is 0 Å². The van der Waals surface area contributed by atoms with E-state index in [0.717, 1.165) is 18.4 Å². The number of amides is 1. The number of nitrogens with zero attached hydrogens (tertiary/aromatic N) is 1. The van der Waals surface area contributed by atoms with Crippen LogP contribution in [-0.2, 0) is 10.5 Å². The molecule has 6 nitrogen and oxygen atoms in total. The van der Waals surface area contributed by atoms with Crippen LogP contribution in [0.3, 0.4) is 0 Å². The topological polar surface area (TPSA) is 92.4 Å². The van der Waals surface area contributed by atoms with Crippen molar-refractivity contribution >= 4 is 29.3 Å². The summed E-state index contributed by atoms with van der Waals surface area (Å²) in [7, 11) is 0. The molecule has 0 unspecified atom stereocenters.